The zero-order valence-electron chi connectivity index (χ0n) is 12.8. The van der Waals surface area contributed by atoms with E-state index in [1.54, 1.807) is 0 Å². The fraction of sp³-hybridized carbons (Fsp3) is 0.412. The maximum Gasteiger partial charge on any atom is 0.416 e. The lowest BCUT2D eigenvalue weighted by Gasteiger charge is -2.23. The lowest BCUT2D eigenvalue weighted by Crippen LogP contribution is -2.31. The molecular weight excluding hydrogens is 307 g/mol. The van der Waals surface area contributed by atoms with Crippen LogP contribution in [0.5, 0.6) is 0 Å². The van der Waals surface area contributed by atoms with Crippen molar-refractivity contribution >= 4 is 17.5 Å². The summed E-state index contributed by atoms with van der Waals surface area (Å²) < 4.78 is 38.6. The van der Waals surface area contributed by atoms with Crippen LogP contribution < -0.4 is 4.90 Å². The predicted molar refractivity (Wildman–Crippen MR) is 78.5 cm³/mol. The average Bonchev–Trinajstić information content (AvgIpc) is 2.71. The maximum atomic E-state index is 12.9. The molecule has 1 aliphatic carbocycles. The fourth-order valence-electron chi connectivity index (χ4n) is 3.33. The number of anilines is 1. The molecule has 1 saturated heterocycles. The third-order valence-corrected chi connectivity index (χ3v) is 4.77. The molecule has 1 aliphatic heterocycles. The second-order valence-electron chi connectivity index (χ2n) is 6.24. The van der Waals surface area contributed by atoms with E-state index in [4.69, 9.17) is 0 Å². The minimum absolute atomic E-state index is 0.000434. The van der Waals surface area contributed by atoms with E-state index in [1.807, 2.05) is 13.8 Å². The van der Waals surface area contributed by atoms with Gasteiger partial charge in [-0.25, -0.2) is 0 Å². The minimum Gasteiger partial charge on any atom is -0.274 e. The smallest absolute Gasteiger partial charge is 0.274 e. The average molecular weight is 323 g/mol. The molecule has 0 radical (unpaired) electrons. The molecule has 3 rings (SSSR count). The Morgan fingerprint density at radius 3 is 2.00 bits per heavy atom. The molecule has 0 N–H and O–H groups in total. The fourth-order valence-corrected chi connectivity index (χ4v) is 3.33. The second-order valence-corrected chi connectivity index (χ2v) is 6.24. The standard InChI is InChI=1S/C17H16F3NO2/c1-9-6-13-14(7-10(9)2)16(23)21(15(13)22)12-5-3-4-11(8-12)17(18,19)20/h3-5,8,13-14H,6-7H2,1-2H3. The zero-order chi connectivity index (χ0) is 16.9. The van der Waals surface area contributed by atoms with Gasteiger partial charge in [-0.05, 0) is 44.9 Å². The number of amides is 2. The van der Waals surface area contributed by atoms with Crippen molar-refractivity contribution in [1.82, 2.24) is 0 Å². The van der Waals surface area contributed by atoms with Gasteiger partial charge in [0, 0.05) is 0 Å². The number of carbonyl (C=O) groups excluding carboxylic acids is 2. The molecule has 1 heterocycles. The molecule has 1 fully saturated rings. The number of imide groups is 1. The number of benzene rings is 1. The summed E-state index contributed by atoms with van der Waals surface area (Å²) in [6.45, 7) is 3.85. The summed E-state index contributed by atoms with van der Waals surface area (Å²) in [4.78, 5) is 26.1. The third kappa shape index (κ3) is 2.56. The van der Waals surface area contributed by atoms with Crippen LogP contribution in [0.4, 0.5) is 18.9 Å². The molecule has 0 saturated carbocycles. The van der Waals surface area contributed by atoms with Crippen LogP contribution in [0.15, 0.2) is 35.4 Å². The number of halogens is 3. The number of carbonyl (C=O) groups is 2. The van der Waals surface area contributed by atoms with Crippen LogP contribution >= 0.6 is 0 Å². The van der Waals surface area contributed by atoms with Gasteiger partial charge >= 0.3 is 6.18 Å². The van der Waals surface area contributed by atoms with Gasteiger partial charge in [0.25, 0.3) is 0 Å². The van der Waals surface area contributed by atoms with Crippen LogP contribution in [0.3, 0.4) is 0 Å². The van der Waals surface area contributed by atoms with Crippen molar-refractivity contribution < 1.29 is 22.8 Å². The molecule has 0 spiro atoms. The number of allylic oxidation sites excluding steroid dienone is 2. The van der Waals surface area contributed by atoms with Gasteiger partial charge in [0.1, 0.15) is 0 Å². The summed E-state index contributed by atoms with van der Waals surface area (Å²) in [5.41, 5.74) is 1.30. The highest BCUT2D eigenvalue weighted by Crippen LogP contribution is 2.43. The van der Waals surface area contributed by atoms with E-state index in [1.165, 1.54) is 12.1 Å². The highest BCUT2D eigenvalue weighted by Gasteiger charge is 2.49. The van der Waals surface area contributed by atoms with Gasteiger partial charge in [-0.15, -0.1) is 0 Å². The van der Waals surface area contributed by atoms with Crippen LogP contribution in [0.25, 0.3) is 0 Å². The Morgan fingerprint density at radius 1 is 1.00 bits per heavy atom. The monoisotopic (exact) mass is 323 g/mol. The Hall–Kier alpha value is -2.11. The third-order valence-electron chi connectivity index (χ3n) is 4.77. The van der Waals surface area contributed by atoms with Gasteiger partial charge in [-0.2, -0.15) is 13.2 Å². The molecule has 3 nitrogen and oxygen atoms in total. The zero-order valence-corrected chi connectivity index (χ0v) is 12.8. The van der Waals surface area contributed by atoms with Crippen LogP contribution in [-0.2, 0) is 15.8 Å². The van der Waals surface area contributed by atoms with E-state index in [0.29, 0.717) is 12.8 Å². The van der Waals surface area contributed by atoms with Crippen LogP contribution in [0.1, 0.15) is 32.3 Å². The van der Waals surface area contributed by atoms with Crippen LogP contribution in [-0.4, -0.2) is 11.8 Å². The Kier molecular flexibility index (Phi) is 3.58. The Labute approximate surface area is 131 Å². The van der Waals surface area contributed by atoms with Crippen molar-refractivity contribution in [3.8, 4) is 0 Å². The first-order valence-corrected chi connectivity index (χ1v) is 7.40. The van der Waals surface area contributed by atoms with Crippen molar-refractivity contribution in [2.45, 2.75) is 32.9 Å². The lowest BCUT2D eigenvalue weighted by molar-refractivity contribution is -0.137. The number of alkyl halides is 3. The first kappa shape index (κ1) is 15.8. The van der Waals surface area contributed by atoms with E-state index in [0.717, 1.165) is 28.2 Å². The summed E-state index contributed by atoms with van der Waals surface area (Å²) in [5.74, 6) is -1.71. The molecule has 1 aromatic carbocycles. The molecule has 2 amide bonds. The van der Waals surface area contributed by atoms with Gasteiger partial charge < -0.3 is 0 Å². The van der Waals surface area contributed by atoms with Gasteiger partial charge in [-0.1, -0.05) is 17.2 Å². The topological polar surface area (TPSA) is 37.4 Å². The molecule has 23 heavy (non-hydrogen) atoms. The number of rotatable bonds is 1. The minimum atomic E-state index is -4.51. The largest absolute Gasteiger partial charge is 0.416 e. The lowest BCUT2D eigenvalue weighted by atomic mass is 9.78. The van der Waals surface area contributed by atoms with Crippen LogP contribution in [0.2, 0.25) is 0 Å². The quantitative estimate of drug-likeness (QED) is 0.580. The summed E-state index contributed by atoms with van der Waals surface area (Å²) in [5, 5.41) is 0. The van der Waals surface area contributed by atoms with Crippen molar-refractivity contribution in [3.63, 3.8) is 0 Å². The first-order chi connectivity index (χ1) is 10.7. The van der Waals surface area contributed by atoms with E-state index >= 15 is 0 Å². The Morgan fingerprint density at radius 2 is 1.52 bits per heavy atom. The van der Waals surface area contributed by atoms with Gasteiger partial charge in [0.2, 0.25) is 11.8 Å². The molecule has 2 unspecified atom stereocenters. The van der Waals surface area contributed by atoms with E-state index < -0.39 is 35.4 Å². The van der Waals surface area contributed by atoms with E-state index in [2.05, 4.69) is 0 Å². The highest BCUT2D eigenvalue weighted by molar-refractivity contribution is 6.22. The predicted octanol–water partition coefficient (Wildman–Crippen LogP) is 3.94. The number of fused-ring (bicyclic) bond motifs is 1. The molecule has 6 heteroatoms. The molecule has 2 atom stereocenters. The number of hydrogen-bond acceptors (Lipinski definition) is 2. The summed E-state index contributed by atoms with van der Waals surface area (Å²) >= 11 is 0. The van der Waals surface area contributed by atoms with Crippen LogP contribution in [0, 0.1) is 11.8 Å². The van der Waals surface area contributed by atoms with Gasteiger partial charge in [0.05, 0.1) is 23.1 Å². The van der Waals surface area contributed by atoms with Gasteiger partial charge in [-0.3, -0.25) is 14.5 Å². The highest BCUT2D eigenvalue weighted by atomic mass is 19.4. The normalized spacial score (nSPS) is 25.2. The summed E-state index contributed by atoms with van der Waals surface area (Å²) in [7, 11) is 0. The van der Waals surface area contributed by atoms with Crippen molar-refractivity contribution in [1.29, 1.82) is 0 Å². The molecule has 122 valence electrons. The number of nitrogens with zero attached hydrogens (tertiary/aromatic N) is 1. The SMILES string of the molecule is CC1=C(C)CC2C(=O)N(c3cccc(C(F)(F)F)c3)C(=O)C2C1. The first-order valence-electron chi connectivity index (χ1n) is 7.40. The molecule has 1 aromatic rings. The van der Waals surface area contributed by atoms with E-state index in [9.17, 15) is 22.8 Å². The van der Waals surface area contributed by atoms with Gasteiger partial charge in [0.15, 0.2) is 0 Å². The molecule has 0 bridgehead atoms. The molecule has 2 aliphatic rings. The van der Waals surface area contributed by atoms with Crippen molar-refractivity contribution in [2.75, 3.05) is 4.90 Å². The summed E-state index contributed by atoms with van der Waals surface area (Å²) in [6.07, 6.45) is -3.52. The number of hydrogen-bond donors (Lipinski definition) is 0. The second kappa shape index (κ2) is 5.22. The Bertz CT molecular complexity index is 689. The Balaban J connectivity index is 1.97. The van der Waals surface area contributed by atoms with Crippen molar-refractivity contribution in [2.24, 2.45) is 11.8 Å². The van der Waals surface area contributed by atoms with E-state index in [-0.39, 0.29) is 5.69 Å². The molecular formula is C17H16F3NO2. The van der Waals surface area contributed by atoms with Crippen molar-refractivity contribution in [3.05, 3.63) is 41.0 Å². The summed E-state index contributed by atoms with van der Waals surface area (Å²) in [6, 6.07) is 4.38. The maximum absolute atomic E-state index is 12.9. The molecule has 0 aromatic heterocycles.